The summed E-state index contributed by atoms with van der Waals surface area (Å²) < 4.78 is 15.8. The molecule has 172 valence electrons. The molecule has 0 radical (unpaired) electrons. The molecule has 0 unspecified atom stereocenters. The van der Waals surface area contributed by atoms with Crippen molar-refractivity contribution in [2.24, 2.45) is 5.41 Å². The van der Waals surface area contributed by atoms with Gasteiger partial charge in [0, 0.05) is 31.4 Å². The predicted octanol–water partition coefficient (Wildman–Crippen LogP) is 3.66. The summed E-state index contributed by atoms with van der Waals surface area (Å²) in [6.45, 7) is 3.25. The molecule has 3 rings (SSSR count). The van der Waals surface area contributed by atoms with Crippen molar-refractivity contribution in [2.75, 3.05) is 39.7 Å². The van der Waals surface area contributed by atoms with E-state index in [4.69, 9.17) is 14.2 Å². The zero-order valence-corrected chi connectivity index (χ0v) is 19.1. The fourth-order valence-corrected chi connectivity index (χ4v) is 3.89. The Morgan fingerprint density at radius 2 is 1.81 bits per heavy atom. The van der Waals surface area contributed by atoms with E-state index in [1.807, 2.05) is 31.2 Å². The highest BCUT2D eigenvalue weighted by Gasteiger charge is 2.39. The molecule has 1 atom stereocenters. The number of likely N-dealkylation sites (tertiary alicyclic amines) is 1. The minimum atomic E-state index is -0.661. The van der Waals surface area contributed by atoms with Crippen molar-refractivity contribution in [3.05, 3.63) is 48.0 Å². The molecule has 1 saturated heterocycles. The standard InChI is InChI=1S/C24H31N3O5/c1-24(22(28)25-15-17-7-5-8-19(13-17)30-2)11-6-12-27(16-24)23(29)26-18-9-10-20(31-3)21(14-18)32-4/h5,7-10,13-14H,6,11-12,15-16H2,1-4H3,(H,25,28)(H,26,29)/t24-/m1/s1. The number of amides is 3. The van der Waals surface area contributed by atoms with Gasteiger partial charge in [0.15, 0.2) is 11.5 Å². The van der Waals surface area contributed by atoms with Gasteiger partial charge in [0.25, 0.3) is 0 Å². The molecule has 0 aliphatic carbocycles. The van der Waals surface area contributed by atoms with Gasteiger partial charge < -0.3 is 29.7 Å². The Kier molecular flexibility index (Phi) is 7.45. The fourth-order valence-electron chi connectivity index (χ4n) is 3.89. The lowest BCUT2D eigenvalue weighted by Crippen LogP contribution is -2.52. The molecule has 1 heterocycles. The fraction of sp³-hybridized carbons (Fsp3) is 0.417. The Morgan fingerprint density at radius 3 is 2.53 bits per heavy atom. The molecule has 8 heteroatoms. The minimum absolute atomic E-state index is 0.0658. The van der Waals surface area contributed by atoms with Crippen LogP contribution in [0.5, 0.6) is 17.2 Å². The molecule has 2 aromatic carbocycles. The number of benzene rings is 2. The first kappa shape index (κ1) is 23.2. The van der Waals surface area contributed by atoms with Crippen molar-refractivity contribution in [1.82, 2.24) is 10.2 Å². The summed E-state index contributed by atoms with van der Waals surface area (Å²) in [5.74, 6) is 1.80. The molecule has 1 fully saturated rings. The van der Waals surface area contributed by atoms with Gasteiger partial charge >= 0.3 is 6.03 Å². The van der Waals surface area contributed by atoms with Gasteiger partial charge in [0.05, 0.1) is 26.7 Å². The van der Waals surface area contributed by atoms with Gasteiger partial charge in [0.1, 0.15) is 5.75 Å². The predicted molar refractivity (Wildman–Crippen MR) is 122 cm³/mol. The molecule has 1 aliphatic rings. The Bertz CT molecular complexity index is 964. The molecule has 2 aromatic rings. The molecular weight excluding hydrogens is 410 g/mol. The van der Waals surface area contributed by atoms with Gasteiger partial charge in [-0.3, -0.25) is 4.79 Å². The summed E-state index contributed by atoms with van der Waals surface area (Å²) in [7, 11) is 4.72. The van der Waals surface area contributed by atoms with Crippen molar-refractivity contribution < 1.29 is 23.8 Å². The molecular formula is C24H31N3O5. The number of anilines is 1. The molecule has 0 bridgehead atoms. The number of carbonyl (C=O) groups excluding carboxylic acids is 2. The summed E-state index contributed by atoms with van der Waals surface area (Å²) in [6.07, 6.45) is 1.47. The van der Waals surface area contributed by atoms with E-state index in [1.165, 1.54) is 0 Å². The van der Waals surface area contributed by atoms with Crippen LogP contribution in [0.3, 0.4) is 0 Å². The van der Waals surface area contributed by atoms with Crippen LogP contribution in [-0.4, -0.2) is 51.3 Å². The number of nitrogens with one attached hydrogen (secondary N) is 2. The highest BCUT2D eigenvalue weighted by Crippen LogP contribution is 2.32. The first-order valence-corrected chi connectivity index (χ1v) is 10.6. The summed E-state index contributed by atoms with van der Waals surface area (Å²) in [6, 6.07) is 12.5. The van der Waals surface area contributed by atoms with Gasteiger partial charge in [-0.25, -0.2) is 4.79 Å². The van der Waals surface area contributed by atoms with E-state index in [0.29, 0.717) is 36.8 Å². The number of urea groups is 1. The second-order valence-electron chi connectivity index (χ2n) is 8.12. The Morgan fingerprint density at radius 1 is 1.03 bits per heavy atom. The number of piperidine rings is 1. The quantitative estimate of drug-likeness (QED) is 0.685. The summed E-state index contributed by atoms with van der Waals surface area (Å²) >= 11 is 0. The van der Waals surface area contributed by atoms with Crippen LogP contribution in [0.1, 0.15) is 25.3 Å². The smallest absolute Gasteiger partial charge is 0.321 e. The Balaban J connectivity index is 1.61. The summed E-state index contributed by atoms with van der Waals surface area (Å²) in [4.78, 5) is 27.6. The first-order valence-electron chi connectivity index (χ1n) is 10.6. The van der Waals surface area contributed by atoms with Crippen molar-refractivity contribution in [3.63, 3.8) is 0 Å². The van der Waals surface area contributed by atoms with E-state index in [1.54, 1.807) is 44.4 Å². The lowest BCUT2D eigenvalue weighted by atomic mass is 9.81. The molecule has 0 spiro atoms. The SMILES string of the molecule is COc1cccc(CNC(=O)[C@]2(C)CCCN(C(=O)Nc3ccc(OC)c(OC)c3)C2)c1. The van der Waals surface area contributed by atoms with Crippen molar-refractivity contribution in [3.8, 4) is 17.2 Å². The maximum absolute atomic E-state index is 13.0. The van der Waals surface area contributed by atoms with Crippen LogP contribution in [0.15, 0.2) is 42.5 Å². The van der Waals surface area contributed by atoms with Crippen molar-refractivity contribution in [2.45, 2.75) is 26.3 Å². The van der Waals surface area contributed by atoms with E-state index in [9.17, 15) is 9.59 Å². The third kappa shape index (κ3) is 5.43. The van der Waals surface area contributed by atoms with Crippen LogP contribution in [0.4, 0.5) is 10.5 Å². The Hall–Kier alpha value is -3.42. The van der Waals surface area contributed by atoms with Crippen LogP contribution in [-0.2, 0) is 11.3 Å². The second kappa shape index (κ2) is 10.3. The maximum Gasteiger partial charge on any atom is 0.321 e. The number of hydrogen-bond acceptors (Lipinski definition) is 5. The lowest BCUT2D eigenvalue weighted by Gasteiger charge is -2.39. The third-order valence-corrected chi connectivity index (χ3v) is 5.75. The largest absolute Gasteiger partial charge is 0.497 e. The zero-order valence-electron chi connectivity index (χ0n) is 19.1. The molecule has 3 amide bonds. The van der Waals surface area contributed by atoms with Crippen LogP contribution >= 0.6 is 0 Å². The monoisotopic (exact) mass is 441 g/mol. The van der Waals surface area contributed by atoms with Crippen LogP contribution in [0.25, 0.3) is 0 Å². The van der Waals surface area contributed by atoms with E-state index in [0.717, 1.165) is 24.2 Å². The van der Waals surface area contributed by atoms with Gasteiger partial charge in [0.2, 0.25) is 5.91 Å². The number of carbonyl (C=O) groups is 2. The van der Waals surface area contributed by atoms with Gasteiger partial charge in [-0.15, -0.1) is 0 Å². The maximum atomic E-state index is 13.0. The van der Waals surface area contributed by atoms with Gasteiger partial charge in [-0.05, 0) is 49.6 Å². The highest BCUT2D eigenvalue weighted by atomic mass is 16.5. The van der Waals surface area contributed by atoms with Crippen molar-refractivity contribution in [1.29, 1.82) is 0 Å². The first-order chi connectivity index (χ1) is 15.4. The number of nitrogens with zero attached hydrogens (tertiary/aromatic N) is 1. The van der Waals surface area contributed by atoms with Crippen LogP contribution in [0.2, 0.25) is 0 Å². The molecule has 8 nitrogen and oxygen atoms in total. The molecule has 2 N–H and O–H groups in total. The minimum Gasteiger partial charge on any atom is -0.497 e. The van der Waals surface area contributed by atoms with Crippen molar-refractivity contribution >= 4 is 17.6 Å². The number of hydrogen-bond donors (Lipinski definition) is 2. The van der Waals surface area contributed by atoms with Crippen LogP contribution < -0.4 is 24.8 Å². The average Bonchev–Trinajstić information content (AvgIpc) is 2.82. The Labute approximate surface area is 188 Å². The van der Waals surface area contributed by atoms with E-state index in [-0.39, 0.29) is 11.9 Å². The van der Waals surface area contributed by atoms with E-state index in [2.05, 4.69) is 10.6 Å². The zero-order chi connectivity index (χ0) is 23.1. The molecule has 32 heavy (non-hydrogen) atoms. The molecule has 0 saturated carbocycles. The van der Waals surface area contributed by atoms with E-state index < -0.39 is 5.41 Å². The number of ether oxygens (including phenoxy) is 3. The topological polar surface area (TPSA) is 89.1 Å². The summed E-state index contributed by atoms with van der Waals surface area (Å²) in [5, 5.41) is 5.90. The van der Waals surface area contributed by atoms with E-state index >= 15 is 0 Å². The highest BCUT2D eigenvalue weighted by molar-refractivity contribution is 5.91. The van der Waals surface area contributed by atoms with Gasteiger partial charge in [-0.1, -0.05) is 12.1 Å². The van der Waals surface area contributed by atoms with Gasteiger partial charge in [-0.2, -0.15) is 0 Å². The average molecular weight is 442 g/mol. The molecule has 0 aromatic heterocycles. The van der Waals surface area contributed by atoms with Crippen LogP contribution in [0, 0.1) is 5.41 Å². The lowest BCUT2D eigenvalue weighted by molar-refractivity contribution is -0.132. The third-order valence-electron chi connectivity index (χ3n) is 5.75. The summed E-state index contributed by atoms with van der Waals surface area (Å²) in [5.41, 5.74) is 0.897. The second-order valence-corrected chi connectivity index (χ2v) is 8.12. The normalized spacial score (nSPS) is 17.9. The number of rotatable bonds is 7. The number of methoxy groups -OCH3 is 3. The molecule has 1 aliphatic heterocycles.